The van der Waals surface area contributed by atoms with Crippen LogP contribution in [0.3, 0.4) is 0 Å². The number of halogens is 1. The lowest BCUT2D eigenvalue weighted by Crippen LogP contribution is -2.10. The summed E-state index contributed by atoms with van der Waals surface area (Å²) in [4.78, 5) is 15.3. The van der Waals surface area contributed by atoms with Crippen molar-refractivity contribution in [2.75, 3.05) is 10.6 Å². The van der Waals surface area contributed by atoms with Crippen molar-refractivity contribution in [1.29, 1.82) is 0 Å². The lowest BCUT2D eigenvalue weighted by atomic mass is 10.3. The Morgan fingerprint density at radius 1 is 1.26 bits per heavy atom. The lowest BCUT2D eigenvalue weighted by molar-refractivity contribution is -0.115. The summed E-state index contributed by atoms with van der Waals surface area (Å²) in [5, 5.41) is 5.56. The maximum atomic E-state index is 13.4. The Morgan fingerprint density at radius 3 is 2.68 bits per heavy atom. The van der Waals surface area contributed by atoms with Gasteiger partial charge in [-0.15, -0.1) is 0 Å². The van der Waals surface area contributed by atoms with Gasteiger partial charge in [0.05, 0.1) is 17.6 Å². The molecule has 1 amide bonds. The Bertz CT molecular complexity index is 569. The quantitative estimate of drug-likeness (QED) is 0.885. The van der Waals surface area contributed by atoms with Crippen LogP contribution >= 0.6 is 0 Å². The third kappa shape index (κ3) is 3.51. The summed E-state index contributed by atoms with van der Waals surface area (Å²) in [5.74, 6) is 0.0547. The Kier molecular flexibility index (Phi) is 4.07. The minimum atomic E-state index is -0.328. The summed E-state index contributed by atoms with van der Waals surface area (Å²) in [6.07, 6.45) is 1.94. The van der Waals surface area contributed by atoms with Gasteiger partial charge in [-0.25, -0.2) is 9.37 Å². The number of rotatable bonds is 4. The van der Waals surface area contributed by atoms with Gasteiger partial charge in [-0.3, -0.25) is 4.79 Å². The minimum Gasteiger partial charge on any atom is -0.352 e. The molecule has 0 radical (unpaired) electrons. The zero-order chi connectivity index (χ0) is 13.7. The van der Waals surface area contributed by atoms with E-state index >= 15 is 0 Å². The van der Waals surface area contributed by atoms with Gasteiger partial charge in [-0.2, -0.15) is 0 Å². The molecule has 98 valence electrons. The number of amides is 1. The number of carbonyl (C=O) groups is 1. The molecule has 0 aliphatic carbocycles. The van der Waals surface area contributed by atoms with Crippen molar-refractivity contribution in [1.82, 2.24) is 4.98 Å². The van der Waals surface area contributed by atoms with Crippen LogP contribution in [-0.2, 0) is 4.79 Å². The summed E-state index contributed by atoms with van der Waals surface area (Å²) < 4.78 is 13.4. The van der Waals surface area contributed by atoms with Gasteiger partial charge in [0.25, 0.3) is 0 Å². The molecule has 1 aromatic carbocycles. The third-order valence-corrected chi connectivity index (χ3v) is 2.50. The molecular formula is C14H14FN3O. The maximum Gasteiger partial charge on any atom is 0.225 e. The predicted molar refractivity (Wildman–Crippen MR) is 72.8 cm³/mol. The van der Waals surface area contributed by atoms with Crippen LogP contribution in [0.25, 0.3) is 0 Å². The summed E-state index contributed by atoms with van der Waals surface area (Å²) in [6, 6.07) is 9.78. The van der Waals surface area contributed by atoms with Gasteiger partial charge in [0.1, 0.15) is 11.6 Å². The van der Waals surface area contributed by atoms with Crippen LogP contribution in [-0.4, -0.2) is 10.9 Å². The molecule has 2 N–H and O–H groups in total. The fourth-order valence-electron chi connectivity index (χ4n) is 1.49. The summed E-state index contributed by atoms with van der Waals surface area (Å²) >= 11 is 0. The molecule has 0 aliphatic heterocycles. The fraction of sp³-hybridized carbons (Fsp3) is 0.143. The summed E-state index contributed by atoms with van der Waals surface area (Å²) in [5.41, 5.74) is 1.04. The molecule has 0 aliphatic rings. The third-order valence-electron chi connectivity index (χ3n) is 2.50. The highest BCUT2D eigenvalue weighted by molar-refractivity contribution is 5.89. The van der Waals surface area contributed by atoms with Gasteiger partial charge in [-0.1, -0.05) is 19.1 Å². The zero-order valence-electron chi connectivity index (χ0n) is 10.5. The second-order valence-corrected chi connectivity index (χ2v) is 3.94. The van der Waals surface area contributed by atoms with Crippen LogP contribution in [0.1, 0.15) is 13.3 Å². The molecule has 0 spiro atoms. The van der Waals surface area contributed by atoms with Gasteiger partial charge in [0.2, 0.25) is 5.91 Å². The number of nitrogens with zero attached hydrogens (tertiary/aromatic N) is 1. The largest absolute Gasteiger partial charge is 0.352 e. The number of benzene rings is 1. The molecular weight excluding hydrogens is 245 g/mol. The second-order valence-electron chi connectivity index (χ2n) is 3.94. The molecule has 0 unspecified atom stereocenters. The van der Waals surface area contributed by atoms with Gasteiger partial charge in [0.15, 0.2) is 0 Å². The average molecular weight is 259 g/mol. The molecule has 2 rings (SSSR count). The van der Waals surface area contributed by atoms with Crippen molar-refractivity contribution in [3.8, 4) is 0 Å². The molecule has 5 heteroatoms. The topological polar surface area (TPSA) is 54.0 Å². The van der Waals surface area contributed by atoms with Crippen LogP contribution in [0.5, 0.6) is 0 Å². The number of pyridine rings is 1. The van der Waals surface area contributed by atoms with Crippen molar-refractivity contribution in [3.05, 3.63) is 48.4 Å². The van der Waals surface area contributed by atoms with Gasteiger partial charge < -0.3 is 10.6 Å². The molecule has 0 saturated carbocycles. The van der Waals surface area contributed by atoms with Gasteiger partial charge >= 0.3 is 0 Å². The van der Waals surface area contributed by atoms with Crippen LogP contribution in [0.15, 0.2) is 42.6 Å². The minimum absolute atomic E-state index is 0.0951. The van der Waals surface area contributed by atoms with Crippen molar-refractivity contribution in [2.45, 2.75) is 13.3 Å². The van der Waals surface area contributed by atoms with E-state index in [4.69, 9.17) is 0 Å². The SMILES string of the molecule is CCC(=O)Nc1ccc(Nc2ccccc2F)cn1. The summed E-state index contributed by atoms with van der Waals surface area (Å²) in [7, 11) is 0. The van der Waals surface area contributed by atoms with E-state index in [9.17, 15) is 9.18 Å². The number of anilines is 3. The first-order chi connectivity index (χ1) is 9.19. The van der Waals surface area contributed by atoms with E-state index in [1.54, 1.807) is 37.3 Å². The van der Waals surface area contributed by atoms with E-state index in [0.29, 0.717) is 23.6 Å². The number of carbonyl (C=O) groups excluding carboxylic acids is 1. The maximum absolute atomic E-state index is 13.4. The molecule has 0 atom stereocenters. The van der Waals surface area contributed by atoms with E-state index in [1.807, 2.05) is 0 Å². The Hall–Kier alpha value is -2.43. The zero-order valence-corrected chi connectivity index (χ0v) is 10.5. The van der Waals surface area contributed by atoms with Crippen molar-refractivity contribution in [3.63, 3.8) is 0 Å². The van der Waals surface area contributed by atoms with E-state index in [0.717, 1.165) is 0 Å². The van der Waals surface area contributed by atoms with Crippen molar-refractivity contribution in [2.24, 2.45) is 0 Å². The Morgan fingerprint density at radius 2 is 2.05 bits per heavy atom. The predicted octanol–water partition coefficient (Wildman–Crippen LogP) is 3.31. The standard InChI is InChI=1S/C14H14FN3O/c1-2-14(19)18-13-8-7-10(9-16-13)17-12-6-4-3-5-11(12)15/h3-9,17H,2H2,1H3,(H,16,18,19). The molecule has 1 heterocycles. The van der Waals surface area contributed by atoms with E-state index in [-0.39, 0.29) is 11.7 Å². The molecule has 4 nitrogen and oxygen atoms in total. The molecule has 1 aromatic heterocycles. The van der Waals surface area contributed by atoms with Crippen molar-refractivity contribution < 1.29 is 9.18 Å². The fourth-order valence-corrected chi connectivity index (χ4v) is 1.49. The highest BCUT2D eigenvalue weighted by Crippen LogP contribution is 2.19. The first-order valence-electron chi connectivity index (χ1n) is 5.96. The average Bonchev–Trinajstić information content (AvgIpc) is 2.43. The van der Waals surface area contributed by atoms with Crippen LogP contribution in [0.2, 0.25) is 0 Å². The van der Waals surface area contributed by atoms with Gasteiger partial charge in [0, 0.05) is 6.42 Å². The van der Waals surface area contributed by atoms with Gasteiger partial charge in [-0.05, 0) is 24.3 Å². The van der Waals surface area contributed by atoms with Crippen molar-refractivity contribution >= 4 is 23.1 Å². The molecule has 2 aromatic rings. The number of para-hydroxylation sites is 1. The van der Waals surface area contributed by atoms with Crippen LogP contribution in [0.4, 0.5) is 21.6 Å². The monoisotopic (exact) mass is 259 g/mol. The first kappa shape index (κ1) is 13.0. The highest BCUT2D eigenvalue weighted by atomic mass is 19.1. The van der Waals surface area contributed by atoms with E-state index in [2.05, 4.69) is 15.6 Å². The van der Waals surface area contributed by atoms with E-state index < -0.39 is 0 Å². The number of hydrogen-bond acceptors (Lipinski definition) is 3. The lowest BCUT2D eigenvalue weighted by Gasteiger charge is -2.08. The number of hydrogen-bond donors (Lipinski definition) is 2. The Balaban J connectivity index is 2.07. The molecule has 19 heavy (non-hydrogen) atoms. The first-order valence-corrected chi connectivity index (χ1v) is 5.96. The van der Waals surface area contributed by atoms with Crippen LogP contribution in [0, 0.1) is 5.82 Å². The smallest absolute Gasteiger partial charge is 0.225 e. The molecule has 0 fully saturated rings. The van der Waals surface area contributed by atoms with Crippen LogP contribution < -0.4 is 10.6 Å². The molecule has 0 bridgehead atoms. The second kappa shape index (κ2) is 5.95. The summed E-state index contributed by atoms with van der Waals surface area (Å²) in [6.45, 7) is 1.77. The number of aromatic nitrogens is 1. The van der Waals surface area contributed by atoms with E-state index in [1.165, 1.54) is 12.3 Å². The normalized spacial score (nSPS) is 10.0. The molecule has 0 saturated heterocycles. The highest BCUT2D eigenvalue weighted by Gasteiger charge is 2.03. The Labute approximate surface area is 110 Å². The number of nitrogens with one attached hydrogen (secondary N) is 2.